The first-order chi connectivity index (χ1) is 13.0. The van der Waals surface area contributed by atoms with Crippen LogP contribution in [0.3, 0.4) is 0 Å². The molecule has 3 heterocycles. The minimum Gasteiger partial charge on any atom is -0.452 e. The van der Waals surface area contributed by atoms with Crippen LogP contribution in [0.5, 0.6) is 0 Å². The highest BCUT2D eigenvalue weighted by Crippen LogP contribution is 2.38. The lowest BCUT2D eigenvalue weighted by Gasteiger charge is -2.33. The number of nitrogens with zero attached hydrogens (tertiary/aromatic N) is 1. The molecule has 1 saturated heterocycles. The minimum atomic E-state index is -0.596. The summed E-state index contributed by atoms with van der Waals surface area (Å²) in [5, 5.41) is 6.86. The molecular formula is C19H22N2O4S2. The van der Waals surface area contributed by atoms with Gasteiger partial charge in [0.2, 0.25) is 5.91 Å². The van der Waals surface area contributed by atoms with Crippen LogP contribution in [0.1, 0.15) is 43.5 Å². The second-order valence-corrected chi connectivity index (χ2v) is 8.35. The number of carbonyl (C=O) groups is 3. The minimum absolute atomic E-state index is 0.169. The highest BCUT2D eigenvalue weighted by atomic mass is 32.1. The second-order valence-electron chi connectivity index (χ2n) is 6.52. The summed E-state index contributed by atoms with van der Waals surface area (Å²) < 4.78 is 5.34. The average molecular weight is 407 g/mol. The molecular weight excluding hydrogens is 384 g/mol. The lowest BCUT2D eigenvalue weighted by molar-refractivity contribution is -0.137. The zero-order valence-corrected chi connectivity index (χ0v) is 17.0. The third kappa shape index (κ3) is 4.56. The Balaban J connectivity index is 1.76. The fraction of sp³-hybridized carbons (Fsp3) is 0.421. The summed E-state index contributed by atoms with van der Waals surface area (Å²) in [7, 11) is 0. The molecule has 1 N–H and O–H groups in total. The summed E-state index contributed by atoms with van der Waals surface area (Å²) in [5.74, 6) is -1.03. The molecule has 1 aliphatic heterocycles. The van der Waals surface area contributed by atoms with Crippen LogP contribution in [-0.2, 0) is 14.3 Å². The van der Waals surface area contributed by atoms with E-state index in [1.807, 2.05) is 29.8 Å². The third-order valence-corrected chi connectivity index (χ3v) is 6.32. The average Bonchev–Trinajstić information content (AvgIpc) is 3.29. The highest BCUT2D eigenvalue weighted by molar-refractivity contribution is 7.17. The van der Waals surface area contributed by atoms with E-state index >= 15 is 0 Å². The van der Waals surface area contributed by atoms with Crippen molar-refractivity contribution < 1.29 is 19.1 Å². The zero-order chi connectivity index (χ0) is 19.4. The maximum atomic E-state index is 12.8. The van der Waals surface area contributed by atoms with Gasteiger partial charge in [-0.1, -0.05) is 6.07 Å². The van der Waals surface area contributed by atoms with E-state index in [-0.39, 0.29) is 24.5 Å². The Morgan fingerprint density at radius 1 is 1.30 bits per heavy atom. The number of carbonyl (C=O) groups excluding carboxylic acids is 3. The van der Waals surface area contributed by atoms with E-state index in [2.05, 4.69) is 5.32 Å². The van der Waals surface area contributed by atoms with Crippen LogP contribution in [-0.4, -0.2) is 41.9 Å². The number of amides is 2. The lowest BCUT2D eigenvalue weighted by Crippen LogP contribution is -2.44. The van der Waals surface area contributed by atoms with Crippen molar-refractivity contribution in [2.45, 2.75) is 39.2 Å². The topological polar surface area (TPSA) is 75.7 Å². The van der Waals surface area contributed by atoms with Gasteiger partial charge in [0.05, 0.1) is 0 Å². The van der Waals surface area contributed by atoms with Crippen molar-refractivity contribution in [3.63, 3.8) is 0 Å². The van der Waals surface area contributed by atoms with Crippen molar-refractivity contribution in [1.82, 2.24) is 4.90 Å². The van der Waals surface area contributed by atoms with Gasteiger partial charge >= 0.3 is 5.97 Å². The van der Waals surface area contributed by atoms with Gasteiger partial charge in [-0.25, -0.2) is 4.79 Å². The van der Waals surface area contributed by atoms with Crippen LogP contribution < -0.4 is 5.32 Å². The number of piperidine rings is 1. The van der Waals surface area contributed by atoms with E-state index in [0.717, 1.165) is 24.1 Å². The first-order valence-corrected chi connectivity index (χ1v) is 10.6. The summed E-state index contributed by atoms with van der Waals surface area (Å²) in [5.41, 5.74) is 1.01. The predicted molar refractivity (Wildman–Crippen MR) is 107 cm³/mol. The van der Waals surface area contributed by atoms with E-state index < -0.39 is 5.97 Å². The molecule has 0 spiro atoms. The molecule has 0 bridgehead atoms. The number of hydrogen-bond acceptors (Lipinski definition) is 6. The van der Waals surface area contributed by atoms with E-state index in [0.29, 0.717) is 22.7 Å². The molecule has 6 nitrogen and oxygen atoms in total. The Labute approximate surface area is 166 Å². The van der Waals surface area contributed by atoms with Crippen molar-refractivity contribution in [3.05, 3.63) is 28.5 Å². The molecule has 0 aromatic carbocycles. The molecule has 2 amide bonds. The van der Waals surface area contributed by atoms with Gasteiger partial charge in [0.1, 0.15) is 10.6 Å². The largest absolute Gasteiger partial charge is 0.452 e. The van der Waals surface area contributed by atoms with Crippen molar-refractivity contribution in [3.8, 4) is 10.4 Å². The predicted octanol–water partition coefficient (Wildman–Crippen LogP) is 3.99. The summed E-state index contributed by atoms with van der Waals surface area (Å²) in [6.07, 6.45) is 3.06. The number of nitrogens with one attached hydrogen (secondary N) is 1. The van der Waals surface area contributed by atoms with Gasteiger partial charge in [-0.05, 0) is 37.6 Å². The molecule has 1 atom stereocenters. The fourth-order valence-electron chi connectivity index (χ4n) is 3.18. The lowest BCUT2D eigenvalue weighted by atomic mass is 10.0. The van der Waals surface area contributed by atoms with E-state index in [1.165, 1.54) is 29.6 Å². The smallest absolute Gasteiger partial charge is 0.342 e. The molecule has 2 aromatic rings. The SMILES string of the molecule is CC(=O)Nc1scc(-c2cccs2)c1C(=O)OCC(=O)N1CCCC[C@H]1C. The Bertz CT molecular complexity index is 829. The Hall–Kier alpha value is -2.19. The highest BCUT2D eigenvalue weighted by Gasteiger charge is 2.27. The molecule has 144 valence electrons. The third-order valence-electron chi connectivity index (χ3n) is 4.52. The monoisotopic (exact) mass is 406 g/mol. The van der Waals surface area contributed by atoms with Crippen LogP contribution in [0.25, 0.3) is 10.4 Å². The van der Waals surface area contributed by atoms with Gasteiger partial charge in [0, 0.05) is 35.3 Å². The number of thiophene rings is 2. The standard InChI is InChI=1S/C19H22N2O4S2/c1-12-6-3-4-8-21(12)16(23)10-25-19(24)17-14(15-7-5-9-26-15)11-27-18(17)20-13(2)22/h5,7,9,11-12H,3-4,6,8,10H2,1-2H3,(H,20,22)/t12-/m1/s1. The van der Waals surface area contributed by atoms with Crippen LogP contribution in [0, 0.1) is 0 Å². The number of likely N-dealkylation sites (tertiary alicyclic amines) is 1. The number of anilines is 1. The van der Waals surface area contributed by atoms with Crippen LogP contribution in [0.4, 0.5) is 5.00 Å². The summed E-state index contributed by atoms with van der Waals surface area (Å²) in [4.78, 5) is 39.4. The second kappa shape index (κ2) is 8.67. The summed E-state index contributed by atoms with van der Waals surface area (Å²) in [6, 6.07) is 3.97. The zero-order valence-electron chi connectivity index (χ0n) is 15.3. The van der Waals surface area contributed by atoms with Crippen LogP contribution in [0.15, 0.2) is 22.9 Å². The first kappa shape index (κ1) is 19.6. The number of rotatable bonds is 5. The van der Waals surface area contributed by atoms with Gasteiger partial charge in [-0.2, -0.15) is 0 Å². The van der Waals surface area contributed by atoms with Gasteiger partial charge in [-0.3, -0.25) is 9.59 Å². The van der Waals surface area contributed by atoms with Gasteiger partial charge in [0.25, 0.3) is 5.91 Å². The molecule has 1 aliphatic rings. The maximum Gasteiger partial charge on any atom is 0.342 e. The molecule has 0 saturated carbocycles. The molecule has 0 aliphatic carbocycles. The van der Waals surface area contributed by atoms with E-state index in [9.17, 15) is 14.4 Å². The quantitative estimate of drug-likeness (QED) is 0.762. The number of esters is 1. The molecule has 2 aromatic heterocycles. The van der Waals surface area contributed by atoms with Gasteiger partial charge < -0.3 is 15.0 Å². The van der Waals surface area contributed by atoms with Crippen molar-refractivity contribution in [2.24, 2.45) is 0 Å². The number of hydrogen-bond donors (Lipinski definition) is 1. The summed E-state index contributed by atoms with van der Waals surface area (Å²) >= 11 is 2.77. The van der Waals surface area contributed by atoms with Crippen molar-refractivity contribution >= 4 is 45.5 Å². The molecule has 8 heteroatoms. The van der Waals surface area contributed by atoms with Crippen LogP contribution in [0.2, 0.25) is 0 Å². The van der Waals surface area contributed by atoms with Crippen molar-refractivity contribution in [2.75, 3.05) is 18.5 Å². The molecule has 1 fully saturated rings. The molecule has 3 rings (SSSR count). The molecule has 27 heavy (non-hydrogen) atoms. The van der Waals surface area contributed by atoms with Crippen LogP contribution >= 0.6 is 22.7 Å². The Morgan fingerprint density at radius 3 is 2.78 bits per heavy atom. The van der Waals surface area contributed by atoms with E-state index in [1.54, 1.807) is 4.90 Å². The number of ether oxygens (including phenoxy) is 1. The molecule has 0 radical (unpaired) electrons. The van der Waals surface area contributed by atoms with Gasteiger partial charge in [0.15, 0.2) is 6.61 Å². The van der Waals surface area contributed by atoms with Gasteiger partial charge in [-0.15, -0.1) is 22.7 Å². The fourth-order valence-corrected chi connectivity index (χ4v) is 4.99. The van der Waals surface area contributed by atoms with E-state index in [4.69, 9.17) is 4.74 Å². The Morgan fingerprint density at radius 2 is 2.11 bits per heavy atom. The maximum absolute atomic E-state index is 12.8. The normalized spacial score (nSPS) is 16.8. The summed E-state index contributed by atoms with van der Waals surface area (Å²) in [6.45, 7) is 3.82. The van der Waals surface area contributed by atoms with Crippen molar-refractivity contribution in [1.29, 1.82) is 0 Å². The molecule has 0 unspecified atom stereocenters. The first-order valence-electron chi connectivity index (χ1n) is 8.87. The Kier molecular flexibility index (Phi) is 6.28.